The Morgan fingerprint density at radius 1 is 1.19 bits per heavy atom. The zero-order chi connectivity index (χ0) is 15.8. The number of aryl methyl sites for hydroxylation is 1. The van der Waals surface area contributed by atoms with E-state index in [2.05, 4.69) is 0 Å². The number of cyclic esters (lactones) is 2. The molecule has 1 fully saturated rings. The van der Waals surface area contributed by atoms with Crippen molar-refractivity contribution >= 4 is 18.0 Å². The van der Waals surface area contributed by atoms with Crippen molar-refractivity contribution < 1.29 is 28.9 Å². The molecule has 6 heteroatoms. The summed E-state index contributed by atoms with van der Waals surface area (Å²) in [4.78, 5) is 23.7. The van der Waals surface area contributed by atoms with Gasteiger partial charge in [-0.15, -0.1) is 0 Å². The third-order valence-corrected chi connectivity index (χ3v) is 2.96. The molecule has 0 atom stereocenters. The molecule has 1 aliphatic rings. The molecular formula is C15H16O6. The Kier molecular flexibility index (Phi) is 3.63. The first-order valence-corrected chi connectivity index (χ1v) is 6.29. The van der Waals surface area contributed by atoms with E-state index in [4.69, 9.17) is 14.2 Å². The first-order valence-electron chi connectivity index (χ1n) is 6.29. The van der Waals surface area contributed by atoms with Crippen molar-refractivity contribution in [3.8, 4) is 11.5 Å². The van der Waals surface area contributed by atoms with Gasteiger partial charge in [0.05, 0.1) is 7.11 Å². The summed E-state index contributed by atoms with van der Waals surface area (Å²) >= 11 is 0. The molecule has 1 N–H and O–H groups in total. The molecule has 0 radical (unpaired) electrons. The van der Waals surface area contributed by atoms with Gasteiger partial charge < -0.3 is 19.3 Å². The number of rotatable bonds is 2. The Hall–Kier alpha value is -2.50. The van der Waals surface area contributed by atoms with Crippen LogP contribution in [-0.2, 0) is 19.1 Å². The second kappa shape index (κ2) is 5.12. The van der Waals surface area contributed by atoms with E-state index >= 15 is 0 Å². The molecular weight excluding hydrogens is 276 g/mol. The fraction of sp³-hybridized carbons (Fsp3) is 0.333. The van der Waals surface area contributed by atoms with Crippen molar-refractivity contribution in [2.75, 3.05) is 7.11 Å². The van der Waals surface area contributed by atoms with Crippen molar-refractivity contribution in [2.24, 2.45) is 0 Å². The summed E-state index contributed by atoms with van der Waals surface area (Å²) in [6.07, 6.45) is 1.22. The molecule has 1 heterocycles. The van der Waals surface area contributed by atoms with E-state index in [1.54, 1.807) is 6.92 Å². The van der Waals surface area contributed by atoms with Crippen LogP contribution in [0.4, 0.5) is 0 Å². The van der Waals surface area contributed by atoms with E-state index in [-0.39, 0.29) is 16.9 Å². The summed E-state index contributed by atoms with van der Waals surface area (Å²) in [5.74, 6) is -2.44. The fourth-order valence-electron chi connectivity index (χ4n) is 1.96. The Bertz CT molecular complexity index is 620. The maximum absolute atomic E-state index is 11.9. The molecule has 0 saturated carbocycles. The van der Waals surface area contributed by atoms with Gasteiger partial charge in [0.1, 0.15) is 17.1 Å². The lowest BCUT2D eigenvalue weighted by Gasteiger charge is -2.29. The number of ether oxygens (including phenoxy) is 3. The summed E-state index contributed by atoms with van der Waals surface area (Å²) in [6, 6.07) is 3.01. The maximum Gasteiger partial charge on any atom is 0.348 e. The van der Waals surface area contributed by atoms with Crippen molar-refractivity contribution in [3.63, 3.8) is 0 Å². The number of hydrogen-bond donors (Lipinski definition) is 1. The van der Waals surface area contributed by atoms with Gasteiger partial charge in [0.15, 0.2) is 0 Å². The van der Waals surface area contributed by atoms with Gasteiger partial charge in [0.2, 0.25) is 0 Å². The van der Waals surface area contributed by atoms with Crippen LogP contribution in [0.25, 0.3) is 6.08 Å². The zero-order valence-corrected chi connectivity index (χ0v) is 12.2. The molecule has 0 unspecified atom stereocenters. The molecule has 1 aromatic rings. The SMILES string of the molecule is COc1cc(C=C2C(=O)OC(C)(C)OC2=O)c(O)cc1C. The quantitative estimate of drug-likeness (QED) is 0.509. The van der Waals surface area contributed by atoms with Crippen molar-refractivity contribution in [2.45, 2.75) is 26.6 Å². The number of phenolic OH excluding ortho intramolecular Hbond substituents is 1. The van der Waals surface area contributed by atoms with Crippen LogP contribution >= 0.6 is 0 Å². The van der Waals surface area contributed by atoms with Gasteiger partial charge in [-0.2, -0.15) is 0 Å². The van der Waals surface area contributed by atoms with E-state index < -0.39 is 17.7 Å². The maximum atomic E-state index is 11.9. The lowest BCUT2D eigenvalue weighted by atomic mass is 10.1. The minimum absolute atomic E-state index is 0.0776. The van der Waals surface area contributed by atoms with Crippen molar-refractivity contribution in [1.29, 1.82) is 0 Å². The Balaban J connectivity index is 2.44. The first kappa shape index (κ1) is 14.9. The summed E-state index contributed by atoms with van der Waals surface area (Å²) in [6.45, 7) is 4.69. The number of methoxy groups -OCH3 is 1. The van der Waals surface area contributed by atoms with Crippen LogP contribution < -0.4 is 4.74 Å². The van der Waals surface area contributed by atoms with Crippen molar-refractivity contribution in [3.05, 3.63) is 28.8 Å². The molecule has 0 amide bonds. The van der Waals surface area contributed by atoms with Crippen LogP contribution in [-0.4, -0.2) is 29.9 Å². The molecule has 0 aromatic heterocycles. The lowest BCUT2D eigenvalue weighted by molar-refractivity contribution is -0.222. The molecule has 0 aliphatic carbocycles. The predicted molar refractivity (Wildman–Crippen MR) is 73.6 cm³/mol. The normalized spacial score (nSPS) is 17.0. The van der Waals surface area contributed by atoms with Crippen LogP contribution in [0.15, 0.2) is 17.7 Å². The molecule has 1 saturated heterocycles. The van der Waals surface area contributed by atoms with E-state index in [1.165, 1.54) is 39.2 Å². The first-order chi connectivity index (χ1) is 9.73. The Morgan fingerprint density at radius 3 is 2.29 bits per heavy atom. The van der Waals surface area contributed by atoms with Gasteiger partial charge in [-0.1, -0.05) is 0 Å². The van der Waals surface area contributed by atoms with Crippen molar-refractivity contribution in [1.82, 2.24) is 0 Å². The highest BCUT2D eigenvalue weighted by atomic mass is 16.7. The number of phenols is 1. The third-order valence-electron chi connectivity index (χ3n) is 2.96. The van der Waals surface area contributed by atoms with Gasteiger partial charge >= 0.3 is 11.9 Å². The number of carbonyl (C=O) groups is 2. The second-order valence-corrected chi connectivity index (χ2v) is 5.12. The van der Waals surface area contributed by atoms with Crippen LogP contribution in [0, 0.1) is 6.92 Å². The molecule has 21 heavy (non-hydrogen) atoms. The standard InChI is InChI=1S/C15H16O6/c1-8-5-11(16)9(7-12(8)19-4)6-10-13(17)20-15(2,3)21-14(10)18/h5-7,16H,1-4H3. The lowest BCUT2D eigenvalue weighted by Crippen LogP contribution is -2.41. The molecule has 0 bridgehead atoms. The smallest absolute Gasteiger partial charge is 0.348 e. The molecule has 6 nitrogen and oxygen atoms in total. The largest absolute Gasteiger partial charge is 0.507 e. The van der Waals surface area contributed by atoms with Crippen LogP contribution in [0.5, 0.6) is 11.5 Å². The van der Waals surface area contributed by atoms with Gasteiger partial charge in [0.25, 0.3) is 5.79 Å². The van der Waals surface area contributed by atoms with Gasteiger partial charge in [-0.3, -0.25) is 0 Å². The number of aromatic hydroxyl groups is 1. The second-order valence-electron chi connectivity index (χ2n) is 5.12. The molecule has 0 spiro atoms. The number of hydrogen-bond acceptors (Lipinski definition) is 6. The predicted octanol–water partition coefficient (Wildman–Crippen LogP) is 1.93. The summed E-state index contributed by atoms with van der Waals surface area (Å²) in [5.41, 5.74) is 0.712. The Morgan fingerprint density at radius 2 is 1.76 bits per heavy atom. The average molecular weight is 292 g/mol. The topological polar surface area (TPSA) is 82.1 Å². The van der Waals surface area contributed by atoms with Gasteiger partial charge in [-0.05, 0) is 30.7 Å². The molecule has 2 rings (SSSR count). The summed E-state index contributed by atoms with van der Waals surface area (Å²) in [5, 5.41) is 9.91. The monoisotopic (exact) mass is 292 g/mol. The number of esters is 2. The van der Waals surface area contributed by atoms with E-state index in [9.17, 15) is 14.7 Å². The van der Waals surface area contributed by atoms with Crippen LogP contribution in [0.2, 0.25) is 0 Å². The van der Waals surface area contributed by atoms with E-state index in [0.717, 1.165) is 5.56 Å². The minimum Gasteiger partial charge on any atom is -0.507 e. The minimum atomic E-state index is -1.29. The van der Waals surface area contributed by atoms with E-state index in [1.807, 2.05) is 0 Å². The Labute approximate surface area is 121 Å². The fourth-order valence-corrected chi connectivity index (χ4v) is 1.96. The summed E-state index contributed by atoms with van der Waals surface area (Å²) in [7, 11) is 1.49. The summed E-state index contributed by atoms with van der Waals surface area (Å²) < 4.78 is 15.1. The highest BCUT2D eigenvalue weighted by Crippen LogP contribution is 2.31. The van der Waals surface area contributed by atoms with Gasteiger partial charge in [0, 0.05) is 19.4 Å². The van der Waals surface area contributed by atoms with Crippen LogP contribution in [0.3, 0.4) is 0 Å². The molecule has 112 valence electrons. The highest BCUT2D eigenvalue weighted by molar-refractivity contribution is 6.19. The van der Waals surface area contributed by atoms with Gasteiger partial charge in [-0.25, -0.2) is 9.59 Å². The molecule has 1 aromatic carbocycles. The average Bonchev–Trinajstić information content (AvgIpc) is 2.34. The highest BCUT2D eigenvalue weighted by Gasteiger charge is 2.39. The number of benzene rings is 1. The third kappa shape index (κ3) is 2.99. The number of carbonyl (C=O) groups excluding carboxylic acids is 2. The molecule has 1 aliphatic heterocycles. The zero-order valence-electron chi connectivity index (χ0n) is 12.2. The van der Waals surface area contributed by atoms with Crippen LogP contribution in [0.1, 0.15) is 25.0 Å². The van der Waals surface area contributed by atoms with E-state index in [0.29, 0.717) is 5.75 Å².